The first-order valence-electron chi connectivity index (χ1n) is 5.82. The third-order valence-corrected chi connectivity index (χ3v) is 2.99. The normalized spacial score (nSPS) is 25.3. The summed E-state index contributed by atoms with van der Waals surface area (Å²) in [4.78, 5) is 0. The first-order chi connectivity index (χ1) is 6.53. The largest absolute Gasteiger partial charge is 0.377 e. The molecule has 1 aliphatic heterocycles. The van der Waals surface area contributed by atoms with E-state index in [1.807, 2.05) is 0 Å². The van der Waals surface area contributed by atoms with E-state index in [0.717, 1.165) is 6.61 Å². The van der Waals surface area contributed by atoms with Crippen molar-refractivity contribution in [3.8, 4) is 0 Å². The van der Waals surface area contributed by atoms with Crippen LogP contribution in [0.1, 0.15) is 46.5 Å². The molecule has 2 nitrogen and oxygen atoms in total. The Hall–Kier alpha value is -0.0800. The predicted octanol–water partition coefficient (Wildman–Crippen LogP) is 2.58. The second kappa shape index (κ2) is 5.13. The Morgan fingerprint density at radius 3 is 2.57 bits per heavy atom. The minimum atomic E-state index is 0.438. The fourth-order valence-electron chi connectivity index (χ4n) is 2.02. The maximum Gasteiger partial charge on any atom is 0.0728 e. The summed E-state index contributed by atoms with van der Waals surface area (Å²) in [7, 11) is 2.05. The highest BCUT2D eigenvalue weighted by Gasteiger charge is 2.25. The predicted molar refractivity (Wildman–Crippen MR) is 60.5 cm³/mol. The van der Waals surface area contributed by atoms with E-state index >= 15 is 0 Å². The van der Waals surface area contributed by atoms with Crippen LogP contribution >= 0.6 is 0 Å². The molecule has 84 valence electrons. The van der Waals surface area contributed by atoms with Gasteiger partial charge in [-0.05, 0) is 38.1 Å². The summed E-state index contributed by atoms with van der Waals surface area (Å²) in [5.41, 5.74) is 0.438. The lowest BCUT2D eigenvalue weighted by Gasteiger charge is -2.26. The van der Waals surface area contributed by atoms with Gasteiger partial charge in [-0.3, -0.25) is 0 Å². The maximum absolute atomic E-state index is 5.71. The highest BCUT2D eigenvalue weighted by molar-refractivity contribution is 4.80. The zero-order valence-electron chi connectivity index (χ0n) is 10.1. The molecule has 1 fully saturated rings. The highest BCUT2D eigenvalue weighted by Crippen LogP contribution is 2.25. The first kappa shape index (κ1) is 12.0. The van der Waals surface area contributed by atoms with Crippen LogP contribution in [0.4, 0.5) is 0 Å². The van der Waals surface area contributed by atoms with Crippen molar-refractivity contribution in [2.24, 2.45) is 5.41 Å². The van der Waals surface area contributed by atoms with Gasteiger partial charge in [0.15, 0.2) is 0 Å². The van der Waals surface area contributed by atoms with Crippen molar-refractivity contribution in [1.29, 1.82) is 0 Å². The smallest absolute Gasteiger partial charge is 0.0728 e. The molecule has 0 aliphatic carbocycles. The van der Waals surface area contributed by atoms with Crippen molar-refractivity contribution in [2.45, 2.75) is 58.6 Å². The van der Waals surface area contributed by atoms with Crippen molar-refractivity contribution in [3.63, 3.8) is 0 Å². The van der Waals surface area contributed by atoms with Crippen LogP contribution in [0.15, 0.2) is 0 Å². The van der Waals surface area contributed by atoms with Gasteiger partial charge in [-0.15, -0.1) is 0 Å². The maximum atomic E-state index is 5.71. The van der Waals surface area contributed by atoms with Crippen molar-refractivity contribution in [2.75, 3.05) is 13.7 Å². The summed E-state index contributed by atoms with van der Waals surface area (Å²) in [6.45, 7) is 7.86. The standard InChI is InChI=1S/C12H25NO/c1-12(2,3)8-7-10(13-4)11-6-5-9-14-11/h10-11,13H,5-9H2,1-4H3. The molecule has 1 N–H and O–H groups in total. The Balaban J connectivity index is 2.31. The van der Waals surface area contributed by atoms with E-state index in [-0.39, 0.29) is 0 Å². The van der Waals surface area contributed by atoms with E-state index in [1.54, 1.807) is 0 Å². The van der Waals surface area contributed by atoms with Crippen LogP contribution in [0.5, 0.6) is 0 Å². The summed E-state index contributed by atoms with van der Waals surface area (Å²) < 4.78 is 5.71. The molecule has 0 saturated carbocycles. The summed E-state index contributed by atoms with van der Waals surface area (Å²) in [6, 6.07) is 0.553. The van der Waals surface area contributed by atoms with Gasteiger partial charge in [-0.25, -0.2) is 0 Å². The second-order valence-corrected chi connectivity index (χ2v) is 5.55. The van der Waals surface area contributed by atoms with Crippen LogP contribution in [-0.2, 0) is 4.74 Å². The van der Waals surface area contributed by atoms with Crippen molar-refractivity contribution >= 4 is 0 Å². The number of hydrogen-bond donors (Lipinski definition) is 1. The number of rotatable bonds is 4. The topological polar surface area (TPSA) is 21.3 Å². The third-order valence-electron chi connectivity index (χ3n) is 2.99. The summed E-state index contributed by atoms with van der Waals surface area (Å²) in [6.07, 6.45) is 5.42. The monoisotopic (exact) mass is 199 g/mol. The average Bonchev–Trinajstić information content (AvgIpc) is 2.56. The number of likely N-dealkylation sites (N-methyl/N-ethyl adjacent to an activating group) is 1. The zero-order chi connectivity index (χ0) is 10.6. The van der Waals surface area contributed by atoms with Crippen LogP contribution < -0.4 is 5.32 Å². The van der Waals surface area contributed by atoms with E-state index in [1.165, 1.54) is 25.7 Å². The van der Waals surface area contributed by atoms with Gasteiger partial charge in [0.1, 0.15) is 0 Å². The minimum Gasteiger partial charge on any atom is -0.377 e. The van der Waals surface area contributed by atoms with Gasteiger partial charge in [0, 0.05) is 12.6 Å². The van der Waals surface area contributed by atoms with E-state index in [2.05, 4.69) is 33.1 Å². The van der Waals surface area contributed by atoms with E-state index in [4.69, 9.17) is 4.74 Å². The fourth-order valence-corrected chi connectivity index (χ4v) is 2.02. The van der Waals surface area contributed by atoms with Crippen molar-refractivity contribution < 1.29 is 4.74 Å². The number of nitrogens with one attached hydrogen (secondary N) is 1. The Bertz CT molecular complexity index is 156. The van der Waals surface area contributed by atoms with Crippen LogP contribution in [0, 0.1) is 5.41 Å². The fraction of sp³-hybridized carbons (Fsp3) is 1.00. The van der Waals surface area contributed by atoms with E-state index in [9.17, 15) is 0 Å². The molecule has 0 aromatic carbocycles. The van der Waals surface area contributed by atoms with Crippen LogP contribution in [0.25, 0.3) is 0 Å². The van der Waals surface area contributed by atoms with E-state index < -0.39 is 0 Å². The molecule has 1 aliphatic rings. The first-order valence-corrected chi connectivity index (χ1v) is 5.82. The molecule has 0 aromatic heterocycles. The van der Waals surface area contributed by atoms with Gasteiger partial charge in [0.2, 0.25) is 0 Å². The van der Waals surface area contributed by atoms with Crippen molar-refractivity contribution in [1.82, 2.24) is 5.32 Å². The van der Waals surface area contributed by atoms with Crippen LogP contribution in [0.3, 0.4) is 0 Å². The van der Waals surface area contributed by atoms with Gasteiger partial charge in [0.05, 0.1) is 6.10 Å². The summed E-state index contributed by atoms with van der Waals surface area (Å²) in [5.74, 6) is 0. The Kier molecular flexibility index (Phi) is 4.39. The lowest BCUT2D eigenvalue weighted by molar-refractivity contribution is 0.0742. The van der Waals surface area contributed by atoms with Gasteiger partial charge in [-0.1, -0.05) is 20.8 Å². The molecule has 14 heavy (non-hydrogen) atoms. The van der Waals surface area contributed by atoms with Crippen LogP contribution in [-0.4, -0.2) is 25.8 Å². The molecule has 0 spiro atoms. The van der Waals surface area contributed by atoms with E-state index in [0.29, 0.717) is 17.6 Å². The summed E-state index contributed by atoms with van der Waals surface area (Å²) >= 11 is 0. The van der Waals surface area contributed by atoms with Crippen LogP contribution in [0.2, 0.25) is 0 Å². The third kappa shape index (κ3) is 3.97. The highest BCUT2D eigenvalue weighted by atomic mass is 16.5. The number of ether oxygens (including phenoxy) is 1. The zero-order valence-corrected chi connectivity index (χ0v) is 10.1. The lowest BCUT2D eigenvalue weighted by Crippen LogP contribution is -2.37. The molecule has 0 radical (unpaired) electrons. The molecule has 0 bridgehead atoms. The van der Waals surface area contributed by atoms with Crippen molar-refractivity contribution in [3.05, 3.63) is 0 Å². The Morgan fingerprint density at radius 1 is 1.43 bits per heavy atom. The van der Waals surface area contributed by atoms with Gasteiger partial charge in [-0.2, -0.15) is 0 Å². The molecule has 2 atom stereocenters. The molecule has 1 heterocycles. The van der Waals surface area contributed by atoms with Gasteiger partial charge in [0.25, 0.3) is 0 Å². The summed E-state index contributed by atoms with van der Waals surface area (Å²) in [5, 5.41) is 3.39. The molecular weight excluding hydrogens is 174 g/mol. The molecule has 2 heteroatoms. The number of hydrogen-bond acceptors (Lipinski definition) is 2. The lowest BCUT2D eigenvalue weighted by atomic mass is 9.87. The minimum absolute atomic E-state index is 0.438. The average molecular weight is 199 g/mol. The molecule has 0 aromatic rings. The quantitative estimate of drug-likeness (QED) is 0.751. The Morgan fingerprint density at radius 2 is 2.14 bits per heavy atom. The van der Waals surface area contributed by atoms with Gasteiger partial charge < -0.3 is 10.1 Å². The Labute approximate surface area is 88.4 Å². The molecule has 1 saturated heterocycles. The molecule has 2 unspecified atom stereocenters. The SMILES string of the molecule is CNC(CCC(C)(C)C)C1CCCO1. The molecule has 0 amide bonds. The van der Waals surface area contributed by atoms with Gasteiger partial charge >= 0.3 is 0 Å². The molecular formula is C12H25NO. The molecule has 1 rings (SSSR count). The second-order valence-electron chi connectivity index (χ2n) is 5.55.